The van der Waals surface area contributed by atoms with Gasteiger partial charge >= 0.3 is 5.97 Å². The minimum Gasteiger partial charge on any atom is -0.459 e. The highest BCUT2D eigenvalue weighted by Gasteiger charge is 2.19. The van der Waals surface area contributed by atoms with Gasteiger partial charge in [0.05, 0.1) is 0 Å². The molecule has 0 spiro atoms. The average molecular weight is 315 g/mol. The molecule has 4 heteroatoms. The predicted molar refractivity (Wildman–Crippen MR) is 93.3 cm³/mol. The standard InChI is InChI=1S/C18H21NO2S/c1-14-7-9-16(10-8-14)19-17(11-12-22)18(20)21-13-15-5-3-2-4-6-15/h2-10,17,19,22H,11-13H2,1H3/t17-/m0/s1. The molecule has 0 radical (unpaired) electrons. The molecule has 2 rings (SSSR count). The van der Waals surface area contributed by atoms with E-state index in [9.17, 15) is 4.79 Å². The molecule has 0 aliphatic heterocycles. The zero-order chi connectivity index (χ0) is 15.8. The van der Waals surface area contributed by atoms with E-state index in [-0.39, 0.29) is 12.0 Å². The van der Waals surface area contributed by atoms with E-state index >= 15 is 0 Å². The largest absolute Gasteiger partial charge is 0.459 e. The van der Waals surface area contributed by atoms with E-state index < -0.39 is 0 Å². The Labute approximate surface area is 137 Å². The fourth-order valence-electron chi connectivity index (χ4n) is 2.06. The van der Waals surface area contributed by atoms with Gasteiger partial charge in [-0.15, -0.1) is 0 Å². The van der Waals surface area contributed by atoms with E-state index in [0.29, 0.717) is 18.8 Å². The molecule has 0 aliphatic carbocycles. The lowest BCUT2D eigenvalue weighted by atomic mass is 10.2. The first kappa shape index (κ1) is 16.4. The number of esters is 1. The molecule has 1 N–H and O–H groups in total. The summed E-state index contributed by atoms with van der Waals surface area (Å²) < 4.78 is 5.40. The highest BCUT2D eigenvalue weighted by atomic mass is 32.1. The summed E-state index contributed by atoms with van der Waals surface area (Å²) in [6.07, 6.45) is 0.616. The van der Waals surface area contributed by atoms with E-state index in [1.54, 1.807) is 0 Å². The van der Waals surface area contributed by atoms with Crippen LogP contribution in [0.2, 0.25) is 0 Å². The van der Waals surface area contributed by atoms with Gasteiger partial charge in [0.1, 0.15) is 12.6 Å². The number of rotatable bonds is 7. The molecule has 0 unspecified atom stereocenters. The van der Waals surface area contributed by atoms with Gasteiger partial charge in [-0.2, -0.15) is 12.6 Å². The first-order valence-corrected chi connectivity index (χ1v) is 7.97. The minimum absolute atomic E-state index is 0.251. The third-order valence-corrected chi connectivity index (χ3v) is 3.58. The summed E-state index contributed by atoms with van der Waals surface area (Å²) in [7, 11) is 0. The van der Waals surface area contributed by atoms with Crippen molar-refractivity contribution in [2.75, 3.05) is 11.1 Å². The number of thiol groups is 1. The summed E-state index contributed by atoms with van der Waals surface area (Å²) in [6.45, 7) is 2.32. The average Bonchev–Trinajstić information content (AvgIpc) is 2.55. The van der Waals surface area contributed by atoms with E-state index in [0.717, 1.165) is 11.3 Å². The van der Waals surface area contributed by atoms with Crippen molar-refractivity contribution in [3.63, 3.8) is 0 Å². The number of anilines is 1. The third kappa shape index (κ3) is 5.11. The van der Waals surface area contributed by atoms with Gasteiger partial charge in [-0.05, 0) is 36.8 Å². The molecule has 3 nitrogen and oxygen atoms in total. The van der Waals surface area contributed by atoms with Crippen molar-refractivity contribution in [1.82, 2.24) is 0 Å². The fraction of sp³-hybridized carbons (Fsp3) is 0.278. The normalized spacial score (nSPS) is 11.7. The second-order valence-electron chi connectivity index (χ2n) is 5.17. The highest BCUT2D eigenvalue weighted by molar-refractivity contribution is 7.80. The molecule has 2 aromatic carbocycles. The maximum atomic E-state index is 12.3. The van der Waals surface area contributed by atoms with Gasteiger partial charge in [0, 0.05) is 5.69 Å². The summed E-state index contributed by atoms with van der Waals surface area (Å²) in [5.74, 6) is 0.364. The summed E-state index contributed by atoms with van der Waals surface area (Å²) in [5, 5.41) is 3.22. The molecule has 0 fully saturated rings. The number of hydrogen-bond acceptors (Lipinski definition) is 4. The minimum atomic E-state index is -0.385. The Balaban J connectivity index is 1.94. The van der Waals surface area contributed by atoms with Crippen LogP contribution in [-0.4, -0.2) is 17.8 Å². The van der Waals surface area contributed by atoms with E-state index in [2.05, 4.69) is 17.9 Å². The Kier molecular flexibility index (Phi) is 6.34. The Morgan fingerprint density at radius 3 is 2.45 bits per heavy atom. The molecule has 0 heterocycles. The van der Waals surface area contributed by atoms with Crippen LogP contribution in [-0.2, 0) is 16.1 Å². The zero-order valence-electron chi connectivity index (χ0n) is 12.7. The lowest BCUT2D eigenvalue weighted by Gasteiger charge is -2.18. The summed E-state index contributed by atoms with van der Waals surface area (Å²) in [4.78, 5) is 12.3. The van der Waals surface area contributed by atoms with Gasteiger partial charge in [-0.25, -0.2) is 4.79 Å². The van der Waals surface area contributed by atoms with Crippen molar-refractivity contribution < 1.29 is 9.53 Å². The van der Waals surface area contributed by atoms with Crippen LogP contribution >= 0.6 is 12.6 Å². The van der Waals surface area contributed by atoms with Crippen molar-refractivity contribution in [2.45, 2.75) is 26.0 Å². The Bertz CT molecular complexity index is 584. The molecule has 22 heavy (non-hydrogen) atoms. The lowest BCUT2D eigenvalue weighted by molar-refractivity contribution is -0.145. The smallest absolute Gasteiger partial charge is 0.328 e. The molecule has 0 aliphatic rings. The van der Waals surface area contributed by atoms with Crippen molar-refractivity contribution in [2.24, 2.45) is 0 Å². The number of ether oxygens (including phenoxy) is 1. The van der Waals surface area contributed by atoms with E-state index in [4.69, 9.17) is 4.74 Å². The number of aryl methyl sites for hydroxylation is 1. The fourth-order valence-corrected chi connectivity index (χ4v) is 2.32. The first-order valence-electron chi connectivity index (χ1n) is 7.33. The Morgan fingerprint density at radius 1 is 1.14 bits per heavy atom. The molecule has 0 aromatic heterocycles. The summed E-state index contributed by atoms with van der Waals surface area (Å²) >= 11 is 4.23. The van der Waals surface area contributed by atoms with E-state index in [1.807, 2.05) is 61.5 Å². The van der Waals surface area contributed by atoms with Gasteiger partial charge in [0.2, 0.25) is 0 Å². The van der Waals surface area contributed by atoms with Crippen LogP contribution in [0.15, 0.2) is 54.6 Å². The van der Waals surface area contributed by atoms with Crippen LogP contribution in [0.1, 0.15) is 17.5 Å². The van der Waals surface area contributed by atoms with Crippen molar-refractivity contribution >= 4 is 24.3 Å². The van der Waals surface area contributed by atoms with Crippen LogP contribution in [0.3, 0.4) is 0 Å². The quantitative estimate of drug-likeness (QED) is 0.602. The third-order valence-electron chi connectivity index (χ3n) is 3.32. The maximum absolute atomic E-state index is 12.3. The molecular formula is C18H21NO2S. The highest BCUT2D eigenvalue weighted by Crippen LogP contribution is 2.13. The maximum Gasteiger partial charge on any atom is 0.328 e. The molecule has 0 saturated heterocycles. The van der Waals surface area contributed by atoms with Crippen molar-refractivity contribution in [3.8, 4) is 0 Å². The van der Waals surface area contributed by atoms with Crippen LogP contribution in [0.4, 0.5) is 5.69 Å². The van der Waals surface area contributed by atoms with Gasteiger partial charge in [-0.3, -0.25) is 0 Å². The van der Waals surface area contributed by atoms with E-state index in [1.165, 1.54) is 5.56 Å². The number of hydrogen-bond donors (Lipinski definition) is 2. The van der Waals surface area contributed by atoms with Gasteiger partial charge in [0.25, 0.3) is 0 Å². The van der Waals surface area contributed by atoms with Crippen molar-refractivity contribution in [1.29, 1.82) is 0 Å². The monoisotopic (exact) mass is 315 g/mol. The number of carbonyl (C=O) groups excluding carboxylic acids is 1. The molecule has 1 atom stereocenters. The second-order valence-corrected chi connectivity index (χ2v) is 5.62. The molecular weight excluding hydrogens is 294 g/mol. The molecule has 0 bridgehead atoms. The van der Waals surface area contributed by atoms with Crippen LogP contribution < -0.4 is 5.32 Å². The number of carbonyl (C=O) groups is 1. The van der Waals surface area contributed by atoms with Gasteiger partial charge < -0.3 is 10.1 Å². The molecule has 0 saturated carbocycles. The SMILES string of the molecule is Cc1ccc(N[C@@H](CCS)C(=O)OCc2ccccc2)cc1. The Hall–Kier alpha value is -1.94. The Morgan fingerprint density at radius 2 is 1.82 bits per heavy atom. The topological polar surface area (TPSA) is 38.3 Å². The van der Waals surface area contributed by atoms with Crippen LogP contribution in [0.5, 0.6) is 0 Å². The molecule has 0 amide bonds. The second kappa shape index (κ2) is 8.49. The van der Waals surface area contributed by atoms with Crippen molar-refractivity contribution in [3.05, 3.63) is 65.7 Å². The summed E-state index contributed by atoms with van der Waals surface area (Å²) in [5.41, 5.74) is 3.08. The van der Waals surface area contributed by atoms with Gasteiger partial charge in [0.15, 0.2) is 0 Å². The van der Waals surface area contributed by atoms with Gasteiger partial charge in [-0.1, -0.05) is 48.0 Å². The first-order chi connectivity index (χ1) is 10.7. The van der Waals surface area contributed by atoms with Crippen LogP contribution in [0, 0.1) is 6.92 Å². The predicted octanol–water partition coefficient (Wildman–Crippen LogP) is 3.84. The summed E-state index contributed by atoms with van der Waals surface area (Å²) in [6, 6.07) is 17.2. The zero-order valence-corrected chi connectivity index (χ0v) is 13.6. The van der Waals surface area contributed by atoms with Crippen LogP contribution in [0.25, 0.3) is 0 Å². The number of nitrogens with one attached hydrogen (secondary N) is 1. The lowest BCUT2D eigenvalue weighted by Crippen LogP contribution is -2.31. The number of benzene rings is 2. The molecule has 2 aromatic rings. The molecule has 116 valence electrons.